The molecule has 0 saturated carbocycles. The second kappa shape index (κ2) is 7.26. The minimum Gasteiger partial charge on any atom is -0.452 e. The summed E-state index contributed by atoms with van der Waals surface area (Å²) in [4.78, 5) is 26.2. The van der Waals surface area contributed by atoms with Gasteiger partial charge in [0.25, 0.3) is 0 Å². The SMILES string of the molecule is Cc1cc(C)c2c(=O)c(OC(=O)c3cccs3)c(-c3ccccc3Cl)oc2c1. The summed E-state index contributed by atoms with van der Waals surface area (Å²) in [6.45, 7) is 3.75. The van der Waals surface area contributed by atoms with E-state index >= 15 is 0 Å². The molecule has 0 N–H and O–H groups in total. The lowest BCUT2D eigenvalue weighted by Crippen LogP contribution is -2.16. The summed E-state index contributed by atoms with van der Waals surface area (Å²) in [5, 5.41) is 2.54. The molecule has 140 valence electrons. The van der Waals surface area contributed by atoms with Gasteiger partial charge in [-0.15, -0.1) is 11.3 Å². The predicted octanol–water partition coefficient (Wildman–Crippen LogP) is 6.01. The van der Waals surface area contributed by atoms with Crippen LogP contribution in [0, 0.1) is 13.8 Å². The first-order valence-electron chi connectivity index (χ1n) is 8.54. The first-order chi connectivity index (χ1) is 13.5. The van der Waals surface area contributed by atoms with Crippen molar-refractivity contribution in [3.8, 4) is 17.1 Å². The largest absolute Gasteiger partial charge is 0.452 e. The van der Waals surface area contributed by atoms with Gasteiger partial charge in [0.05, 0.1) is 10.4 Å². The number of carbonyl (C=O) groups is 1. The average molecular weight is 411 g/mol. The number of aryl methyl sites for hydroxylation is 2. The van der Waals surface area contributed by atoms with Gasteiger partial charge in [-0.1, -0.05) is 35.9 Å². The first-order valence-corrected chi connectivity index (χ1v) is 9.80. The molecular formula is C22H15ClO4S. The molecule has 0 saturated heterocycles. The molecule has 0 aliphatic rings. The molecule has 28 heavy (non-hydrogen) atoms. The summed E-state index contributed by atoms with van der Waals surface area (Å²) in [5.74, 6) is -0.635. The molecule has 6 heteroatoms. The Bertz CT molecular complexity index is 1260. The second-order valence-corrected chi connectivity index (χ2v) is 7.75. The maximum atomic E-state index is 13.3. The number of carbonyl (C=O) groups excluding carboxylic acids is 1. The Hall–Kier alpha value is -2.89. The van der Waals surface area contributed by atoms with Crippen molar-refractivity contribution in [2.24, 2.45) is 0 Å². The third-order valence-electron chi connectivity index (χ3n) is 4.33. The molecule has 2 aromatic heterocycles. The van der Waals surface area contributed by atoms with E-state index in [4.69, 9.17) is 20.8 Å². The number of hydrogen-bond acceptors (Lipinski definition) is 5. The molecule has 0 unspecified atom stereocenters. The van der Waals surface area contributed by atoms with E-state index in [-0.39, 0.29) is 11.5 Å². The van der Waals surface area contributed by atoms with Crippen LogP contribution in [-0.4, -0.2) is 5.97 Å². The number of fused-ring (bicyclic) bond motifs is 1. The summed E-state index contributed by atoms with van der Waals surface area (Å²) in [6.07, 6.45) is 0. The highest BCUT2D eigenvalue weighted by Crippen LogP contribution is 2.36. The van der Waals surface area contributed by atoms with Crippen molar-refractivity contribution in [1.29, 1.82) is 0 Å². The lowest BCUT2D eigenvalue weighted by Gasteiger charge is -2.12. The number of ether oxygens (including phenoxy) is 1. The lowest BCUT2D eigenvalue weighted by molar-refractivity contribution is 0.0736. The molecule has 0 spiro atoms. The van der Waals surface area contributed by atoms with E-state index < -0.39 is 11.4 Å². The quantitative estimate of drug-likeness (QED) is 0.388. The van der Waals surface area contributed by atoms with E-state index in [9.17, 15) is 9.59 Å². The smallest absolute Gasteiger partial charge is 0.353 e. The molecule has 0 bridgehead atoms. The zero-order valence-corrected chi connectivity index (χ0v) is 16.7. The van der Waals surface area contributed by atoms with Crippen molar-refractivity contribution in [1.82, 2.24) is 0 Å². The fourth-order valence-corrected chi connectivity index (χ4v) is 3.95. The molecule has 0 radical (unpaired) electrons. The minimum atomic E-state index is -0.611. The Labute approximate surface area is 170 Å². The van der Waals surface area contributed by atoms with Crippen molar-refractivity contribution in [2.45, 2.75) is 13.8 Å². The van der Waals surface area contributed by atoms with Gasteiger partial charge in [-0.3, -0.25) is 4.79 Å². The topological polar surface area (TPSA) is 56.5 Å². The maximum Gasteiger partial charge on any atom is 0.353 e. The van der Waals surface area contributed by atoms with E-state index in [2.05, 4.69) is 0 Å². The molecule has 0 atom stereocenters. The van der Waals surface area contributed by atoms with Crippen molar-refractivity contribution in [2.75, 3.05) is 0 Å². The molecule has 0 aliphatic carbocycles. The summed E-state index contributed by atoms with van der Waals surface area (Å²) >= 11 is 7.57. The second-order valence-electron chi connectivity index (χ2n) is 6.39. The van der Waals surface area contributed by atoms with Gasteiger partial charge in [0.1, 0.15) is 10.5 Å². The molecule has 0 aliphatic heterocycles. The Morgan fingerprint density at radius 1 is 1.11 bits per heavy atom. The van der Waals surface area contributed by atoms with Gasteiger partial charge < -0.3 is 9.15 Å². The molecular weight excluding hydrogens is 396 g/mol. The Kier molecular flexibility index (Phi) is 4.79. The third-order valence-corrected chi connectivity index (χ3v) is 5.51. The molecule has 2 aromatic carbocycles. The fourth-order valence-electron chi connectivity index (χ4n) is 3.13. The standard InChI is InChI=1S/C22H15ClO4S/c1-12-10-13(2)18-16(11-12)26-20(14-6-3-4-7-15(14)23)21(19(18)24)27-22(25)17-8-5-9-28-17/h3-11H,1-2H3. The van der Waals surface area contributed by atoms with Crippen LogP contribution >= 0.6 is 22.9 Å². The van der Waals surface area contributed by atoms with E-state index in [1.165, 1.54) is 11.3 Å². The van der Waals surface area contributed by atoms with Crippen molar-refractivity contribution < 1.29 is 13.9 Å². The maximum absolute atomic E-state index is 13.3. The van der Waals surface area contributed by atoms with Crippen LogP contribution in [0.25, 0.3) is 22.3 Å². The fraction of sp³-hybridized carbons (Fsp3) is 0.0909. The Morgan fingerprint density at radius 2 is 1.89 bits per heavy atom. The van der Waals surface area contributed by atoms with Gasteiger partial charge in [0.15, 0.2) is 5.76 Å². The van der Waals surface area contributed by atoms with E-state index in [0.717, 1.165) is 11.1 Å². The zero-order valence-electron chi connectivity index (χ0n) is 15.1. The minimum absolute atomic E-state index is 0.137. The number of hydrogen-bond donors (Lipinski definition) is 0. The van der Waals surface area contributed by atoms with Crippen molar-refractivity contribution >= 4 is 39.9 Å². The molecule has 0 amide bonds. The van der Waals surface area contributed by atoms with Crippen molar-refractivity contribution in [3.05, 3.63) is 85.2 Å². The van der Waals surface area contributed by atoms with Crippen LogP contribution in [0.15, 0.2) is 63.1 Å². The Morgan fingerprint density at radius 3 is 2.61 bits per heavy atom. The van der Waals surface area contributed by atoms with E-state index in [0.29, 0.717) is 26.4 Å². The van der Waals surface area contributed by atoms with Crippen LogP contribution in [0.4, 0.5) is 0 Å². The molecule has 4 aromatic rings. The summed E-state index contributed by atoms with van der Waals surface area (Å²) in [6, 6.07) is 14.0. The van der Waals surface area contributed by atoms with Crippen LogP contribution in [-0.2, 0) is 0 Å². The zero-order chi connectivity index (χ0) is 19.8. The normalized spacial score (nSPS) is 11.0. The Balaban J connectivity index is 2.01. The van der Waals surface area contributed by atoms with Crippen LogP contribution in [0.2, 0.25) is 5.02 Å². The van der Waals surface area contributed by atoms with Gasteiger partial charge in [0.2, 0.25) is 11.2 Å². The molecule has 4 nitrogen and oxygen atoms in total. The van der Waals surface area contributed by atoms with Gasteiger partial charge >= 0.3 is 5.97 Å². The molecule has 4 rings (SSSR count). The lowest BCUT2D eigenvalue weighted by atomic mass is 10.0. The van der Waals surface area contributed by atoms with Crippen LogP contribution in [0.1, 0.15) is 20.8 Å². The van der Waals surface area contributed by atoms with Crippen LogP contribution in [0.5, 0.6) is 5.75 Å². The van der Waals surface area contributed by atoms with Gasteiger partial charge in [-0.2, -0.15) is 0 Å². The highest BCUT2D eigenvalue weighted by molar-refractivity contribution is 7.12. The van der Waals surface area contributed by atoms with E-state index in [1.54, 1.807) is 47.8 Å². The predicted molar refractivity (Wildman–Crippen MR) is 112 cm³/mol. The number of halogens is 1. The van der Waals surface area contributed by atoms with Gasteiger partial charge in [-0.05, 0) is 54.6 Å². The van der Waals surface area contributed by atoms with Crippen molar-refractivity contribution in [3.63, 3.8) is 0 Å². The van der Waals surface area contributed by atoms with Gasteiger partial charge in [-0.25, -0.2) is 4.79 Å². The summed E-state index contributed by atoms with van der Waals surface area (Å²) < 4.78 is 11.6. The van der Waals surface area contributed by atoms with Crippen LogP contribution < -0.4 is 10.2 Å². The monoisotopic (exact) mass is 410 g/mol. The number of benzene rings is 2. The average Bonchev–Trinajstić information content (AvgIpc) is 3.18. The number of esters is 1. The number of thiophene rings is 1. The highest BCUT2D eigenvalue weighted by atomic mass is 35.5. The van der Waals surface area contributed by atoms with E-state index in [1.807, 2.05) is 19.9 Å². The number of rotatable bonds is 3. The molecule has 2 heterocycles. The summed E-state index contributed by atoms with van der Waals surface area (Å²) in [7, 11) is 0. The van der Waals surface area contributed by atoms with Crippen LogP contribution in [0.3, 0.4) is 0 Å². The third kappa shape index (κ3) is 3.23. The highest BCUT2D eigenvalue weighted by Gasteiger charge is 2.23. The first kappa shape index (κ1) is 18.5. The van der Waals surface area contributed by atoms with Gasteiger partial charge in [0, 0.05) is 5.56 Å². The molecule has 0 fully saturated rings. The summed E-state index contributed by atoms with van der Waals surface area (Å²) in [5.41, 5.74) is 2.22.